The van der Waals surface area contributed by atoms with Crippen molar-refractivity contribution in [3.05, 3.63) is 33.4 Å². The SMILES string of the molecule is Cc1cc(C)c(S(=O)(=O)NC2CNCCC2C)cc1[N+](=O)[O-]. The fraction of sp³-hybridized carbons (Fsp3) is 0.571. The maximum absolute atomic E-state index is 12.6. The molecule has 22 heavy (non-hydrogen) atoms. The second-order valence-electron chi connectivity index (χ2n) is 5.86. The molecule has 1 fully saturated rings. The fourth-order valence-electron chi connectivity index (χ4n) is 2.72. The maximum atomic E-state index is 12.6. The molecule has 1 saturated heterocycles. The first-order valence-corrected chi connectivity index (χ1v) is 8.69. The average molecular weight is 327 g/mol. The predicted molar refractivity (Wildman–Crippen MR) is 83.3 cm³/mol. The number of piperidine rings is 1. The molecule has 0 bridgehead atoms. The van der Waals surface area contributed by atoms with Gasteiger partial charge in [0.25, 0.3) is 5.69 Å². The lowest BCUT2D eigenvalue weighted by Crippen LogP contribution is -2.50. The zero-order chi connectivity index (χ0) is 16.5. The molecule has 0 aliphatic carbocycles. The summed E-state index contributed by atoms with van der Waals surface area (Å²) in [5.74, 6) is 0.219. The summed E-state index contributed by atoms with van der Waals surface area (Å²) in [6.45, 7) is 6.68. The Morgan fingerprint density at radius 3 is 2.59 bits per heavy atom. The Labute approximate surface area is 130 Å². The van der Waals surface area contributed by atoms with Crippen LogP contribution in [0.15, 0.2) is 17.0 Å². The minimum absolute atomic E-state index is 0.0254. The molecule has 122 valence electrons. The van der Waals surface area contributed by atoms with E-state index in [0.717, 1.165) is 19.0 Å². The van der Waals surface area contributed by atoms with Gasteiger partial charge in [-0.25, -0.2) is 13.1 Å². The van der Waals surface area contributed by atoms with Crippen LogP contribution in [0.3, 0.4) is 0 Å². The first-order valence-electron chi connectivity index (χ1n) is 7.21. The van der Waals surface area contributed by atoms with Crippen LogP contribution in [0.25, 0.3) is 0 Å². The smallest absolute Gasteiger partial charge is 0.273 e. The van der Waals surface area contributed by atoms with Gasteiger partial charge in [-0.1, -0.05) is 6.92 Å². The molecule has 2 atom stereocenters. The second-order valence-corrected chi connectivity index (χ2v) is 7.54. The van der Waals surface area contributed by atoms with Crippen molar-refractivity contribution in [2.75, 3.05) is 13.1 Å². The van der Waals surface area contributed by atoms with Gasteiger partial charge in [0.05, 0.1) is 9.82 Å². The van der Waals surface area contributed by atoms with Crippen LogP contribution in [-0.2, 0) is 10.0 Å². The number of nitro benzene ring substituents is 1. The van der Waals surface area contributed by atoms with Gasteiger partial charge in [-0.3, -0.25) is 10.1 Å². The number of benzene rings is 1. The molecule has 0 saturated carbocycles. The van der Waals surface area contributed by atoms with Crippen molar-refractivity contribution < 1.29 is 13.3 Å². The van der Waals surface area contributed by atoms with E-state index in [-0.39, 0.29) is 22.5 Å². The third kappa shape index (κ3) is 3.45. The van der Waals surface area contributed by atoms with E-state index in [4.69, 9.17) is 0 Å². The Bertz CT molecular complexity index is 688. The van der Waals surface area contributed by atoms with Crippen molar-refractivity contribution in [1.82, 2.24) is 10.0 Å². The van der Waals surface area contributed by atoms with E-state index < -0.39 is 14.9 Å². The maximum Gasteiger partial charge on any atom is 0.273 e. The molecule has 1 heterocycles. The van der Waals surface area contributed by atoms with Crippen LogP contribution in [0.5, 0.6) is 0 Å². The van der Waals surface area contributed by atoms with Gasteiger partial charge in [0, 0.05) is 24.2 Å². The molecule has 0 radical (unpaired) electrons. The molecular formula is C14H21N3O4S. The Kier molecular flexibility index (Phi) is 4.84. The van der Waals surface area contributed by atoms with Crippen molar-refractivity contribution in [3.63, 3.8) is 0 Å². The largest absolute Gasteiger partial charge is 0.315 e. The molecule has 7 nitrogen and oxygen atoms in total. The molecule has 0 spiro atoms. The summed E-state index contributed by atoms with van der Waals surface area (Å²) in [6.07, 6.45) is 0.889. The van der Waals surface area contributed by atoms with Crippen molar-refractivity contribution in [3.8, 4) is 0 Å². The van der Waals surface area contributed by atoms with Gasteiger partial charge in [-0.15, -0.1) is 0 Å². The summed E-state index contributed by atoms with van der Waals surface area (Å²) < 4.78 is 27.9. The fourth-order valence-corrected chi connectivity index (χ4v) is 4.31. The quantitative estimate of drug-likeness (QED) is 0.644. The molecule has 2 N–H and O–H groups in total. The third-order valence-corrected chi connectivity index (χ3v) is 5.75. The van der Waals surface area contributed by atoms with Gasteiger partial charge in [0.2, 0.25) is 10.0 Å². The molecule has 0 aromatic heterocycles. The molecule has 1 aromatic carbocycles. The molecule has 8 heteroatoms. The lowest BCUT2D eigenvalue weighted by molar-refractivity contribution is -0.385. The molecule has 1 aliphatic heterocycles. The molecular weight excluding hydrogens is 306 g/mol. The van der Waals surface area contributed by atoms with Crippen LogP contribution in [0.1, 0.15) is 24.5 Å². The number of sulfonamides is 1. The lowest BCUT2D eigenvalue weighted by atomic mass is 9.96. The van der Waals surface area contributed by atoms with Gasteiger partial charge < -0.3 is 5.32 Å². The zero-order valence-corrected chi connectivity index (χ0v) is 13.7. The zero-order valence-electron chi connectivity index (χ0n) is 12.9. The second kappa shape index (κ2) is 6.31. The van der Waals surface area contributed by atoms with E-state index in [9.17, 15) is 18.5 Å². The van der Waals surface area contributed by atoms with Crippen molar-refractivity contribution in [1.29, 1.82) is 0 Å². The van der Waals surface area contributed by atoms with Crippen molar-refractivity contribution in [2.45, 2.75) is 38.1 Å². The number of hydrogen-bond acceptors (Lipinski definition) is 5. The van der Waals surface area contributed by atoms with Gasteiger partial charge in [-0.2, -0.15) is 0 Å². The van der Waals surface area contributed by atoms with Crippen LogP contribution in [0.2, 0.25) is 0 Å². The normalized spacial score (nSPS) is 22.5. The summed E-state index contributed by atoms with van der Waals surface area (Å²) in [5, 5.41) is 14.2. The molecule has 1 aromatic rings. The number of nitrogens with zero attached hydrogens (tertiary/aromatic N) is 1. The summed E-state index contributed by atoms with van der Waals surface area (Å²) in [4.78, 5) is 10.5. The highest BCUT2D eigenvalue weighted by atomic mass is 32.2. The van der Waals surface area contributed by atoms with E-state index in [1.807, 2.05) is 6.92 Å². The molecule has 2 unspecified atom stereocenters. The standard InChI is InChI=1S/C14H21N3O4S/c1-9-4-5-15-8-12(9)16-22(20,21)14-7-13(17(18)19)10(2)6-11(14)3/h6-7,9,12,15-16H,4-5,8H2,1-3H3. The Morgan fingerprint density at radius 2 is 2.00 bits per heavy atom. The Morgan fingerprint density at radius 1 is 1.32 bits per heavy atom. The average Bonchev–Trinajstić information content (AvgIpc) is 2.40. The predicted octanol–water partition coefficient (Wildman–Crippen LogP) is 1.49. The van der Waals surface area contributed by atoms with E-state index in [1.54, 1.807) is 13.8 Å². The monoisotopic (exact) mass is 327 g/mol. The van der Waals surface area contributed by atoms with E-state index in [0.29, 0.717) is 17.7 Å². The Balaban J connectivity index is 2.36. The van der Waals surface area contributed by atoms with Crippen LogP contribution in [0.4, 0.5) is 5.69 Å². The molecule has 0 amide bonds. The van der Waals surface area contributed by atoms with Gasteiger partial charge in [0.15, 0.2) is 0 Å². The van der Waals surface area contributed by atoms with Crippen LogP contribution < -0.4 is 10.0 Å². The summed E-state index contributed by atoms with van der Waals surface area (Å²) in [5.41, 5.74) is 0.780. The highest BCUT2D eigenvalue weighted by molar-refractivity contribution is 7.89. The number of aryl methyl sites for hydroxylation is 2. The molecule has 1 aliphatic rings. The van der Waals surface area contributed by atoms with Gasteiger partial charge in [-0.05, 0) is 44.4 Å². The number of hydrogen-bond donors (Lipinski definition) is 2. The number of nitro groups is 1. The summed E-state index contributed by atoms with van der Waals surface area (Å²) in [7, 11) is -3.79. The minimum Gasteiger partial charge on any atom is -0.315 e. The Hall–Kier alpha value is -1.51. The van der Waals surface area contributed by atoms with Gasteiger partial charge in [0.1, 0.15) is 0 Å². The summed E-state index contributed by atoms with van der Waals surface area (Å²) in [6, 6.07) is 2.47. The van der Waals surface area contributed by atoms with E-state index >= 15 is 0 Å². The van der Waals surface area contributed by atoms with Crippen LogP contribution >= 0.6 is 0 Å². The lowest BCUT2D eigenvalue weighted by Gasteiger charge is -2.30. The topological polar surface area (TPSA) is 101 Å². The minimum atomic E-state index is -3.79. The number of nitrogens with one attached hydrogen (secondary N) is 2. The van der Waals surface area contributed by atoms with Crippen LogP contribution in [-0.4, -0.2) is 32.5 Å². The van der Waals surface area contributed by atoms with Crippen molar-refractivity contribution in [2.24, 2.45) is 5.92 Å². The highest BCUT2D eigenvalue weighted by Gasteiger charge is 2.29. The first-order chi connectivity index (χ1) is 10.2. The summed E-state index contributed by atoms with van der Waals surface area (Å²) >= 11 is 0. The first kappa shape index (κ1) is 16.9. The van der Waals surface area contributed by atoms with Crippen molar-refractivity contribution >= 4 is 15.7 Å². The van der Waals surface area contributed by atoms with Crippen LogP contribution in [0, 0.1) is 29.9 Å². The van der Waals surface area contributed by atoms with Gasteiger partial charge >= 0.3 is 0 Å². The van der Waals surface area contributed by atoms with E-state index in [2.05, 4.69) is 10.0 Å². The number of rotatable bonds is 4. The van der Waals surface area contributed by atoms with E-state index in [1.165, 1.54) is 6.07 Å². The molecule has 2 rings (SSSR count). The highest BCUT2D eigenvalue weighted by Crippen LogP contribution is 2.26. The third-order valence-electron chi connectivity index (χ3n) is 4.11.